The summed E-state index contributed by atoms with van der Waals surface area (Å²) in [6.45, 7) is 5.40. The fraction of sp³-hybridized carbons (Fsp3) is 0.294. The fourth-order valence-corrected chi connectivity index (χ4v) is 1.51. The molecule has 2 nitrogen and oxygen atoms in total. The Morgan fingerprint density at radius 3 is 2.05 bits per heavy atom. The highest BCUT2D eigenvalue weighted by Crippen LogP contribution is 2.08. The van der Waals surface area contributed by atoms with Gasteiger partial charge in [0, 0.05) is 12.2 Å². The normalized spacial score (nSPS) is 9.37. The molecule has 0 aliphatic rings. The number of hydrogen-bond acceptors (Lipinski definition) is 2. The van der Waals surface area contributed by atoms with Crippen LogP contribution in [0.3, 0.4) is 0 Å². The van der Waals surface area contributed by atoms with E-state index in [9.17, 15) is 0 Å². The van der Waals surface area contributed by atoms with Crippen LogP contribution in [0, 0.1) is 6.92 Å². The molecule has 19 heavy (non-hydrogen) atoms. The zero-order valence-electron chi connectivity index (χ0n) is 11.8. The number of para-hydroxylation sites is 1. The first-order valence-electron chi connectivity index (χ1n) is 6.77. The highest BCUT2D eigenvalue weighted by molar-refractivity contribution is 5.44. The lowest BCUT2D eigenvalue weighted by Gasteiger charge is -2.04. The Bertz CT molecular complexity index is 437. The second-order valence-corrected chi connectivity index (χ2v) is 4.48. The highest BCUT2D eigenvalue weighted by Gasteiger charge is 1.89. The van der Waals surface area contributed by atoms with Gasteiger partial charge in [-0.3, -0.25) is 0 Å². The van der Waals surface area contributed by atoms with E-state index in [0.717, 1.165) is 6.54 Å². The van der Waals surface area contributed by atoms with Crippen molar-refractivity contribution in [3.8, 4) is 5.75 Å². The molecule has 0 aliphatic carbocycles. The molecule has 2 aromatic rings. The average molecular weight is 257 g/mol. The second-order valence-electron chi connectivity index (χ2n) is 4.48. The van der Waals surface area contributed by atoms with E-state index < -0.39 is 0 Å². The summed E-state index contributed by atoms with van der Waals surface area (Å²) in [5.74, 6) is 0.322. The van der Waals surface area contributed by atoms with Crippen LogP contribution in [-0.2, 0) is 0 Å². The fourth-order valence-electron chi connectivity index (χ4n) is 1.51. The maximum atomic E-state index is 8.63. The van der Waals surface area contributed by atoms with Crippen molar-refractivity contribution in [3.05, 3.63) is 60.2 Å². The van der Waals surface area contributed by atoms with Gasteiger partial charge in [0.05, 0.1) is 0 Å². The van der Waals surface area contributed by atoms with Gasteiger partial charge in [0.1, 0.15) is 5.75 Å². The summed E-state index contributed by atoms with van der Waals surface area (Å²) in [5.41, 5.74) is 2.55. The van der Waals surface area contributed by atoms with Gasteiger partial charge in [-0.1, -0.05) is 49.2 Å². The van der Waals surface area contributed by atoms with Crippen LogP contribution in [0.15, 0.2) is 54.6 Å². The molecule has 102 valence electrons. The lowest BCUT2D eigenvalue weighted by Crippen LogP contribution is -2.00. The number of aromatic hydroxyl groups is 1. The van der Waals surface area contributed by atoms with Crippen molar-refractivity contribution in [1.82, 2.24) is 0 Å². The average Bonchev–Trinajstić information content (AvgIpc) is 2.43. The van der Waals surface area contributed by atoms with Gasteiger partial charge in [0.15, 0.2) is 0 Å². The first kappa shape index (κ1) is 15.1. The van der Waals surface area contributed by atoms with Crippen molar-refractivity contribution in [1.29, 1.82) is 0 Å². The zero-order valence-corrected chi connectivity index (χ0v) is 11.8. The summed E-state index contributed by atoms with van der Waals surface area (Å²) >= 11 is 0. The van der Waals surface area contributed by atoms with E-state index in [1.807, 2.05) is 6.07 Å². The number of phenolic OH excluding ortho intramolecular Hbond substituents is 1. The molecule has 0 atom stereocenters. The summed E-state index contributed by atoms with van der Waals surface area (Å²) in [7, 11) is 0. The van der Waals surface area contributed by atoms with Crippen LogP contribution >= 0.6 is 0 Å². The van der Waals surface area contributed by atoms with Gasteiger partial charge in [-0.2, -0.15) is 0 Å². The Balaban J connectivity index is 0.000000218. The molecular weight excluding hydrogens is 234 g/mol. The minimum absolute atomic E-state index is 0.322. The lowest BCUT2D eigenvalue weighted by atomic mass is 10.2. The van der Waals surface area contributed by atoms with Crippen molar-refractivity contribution in [3.63, 3.8) is 0 Å². The van der Waals surface area contributed by atoms with Crippen molar-refractivity contribution >= 4 is 5.69 Å². The minimum atomic E-state index is 0.322. The third kappa shape index (κ3) is 7.14. The van der Waals surface area contributed by atoms with Crippen LogP contribution in [0.5, 0.6) is 5.75 Å². The number of benzene rings is 2. The van der Waals surface area contributed by atoms with Gasteiger partial charge in [0.2, 0.25) is 0 Å². The number of nitrogens with one attached hydrogen (secondary N) is 1. The molecule has 0 aliphatic heterocycles. The number of anilines is 1. The maximum absolute atomic E-state index is 8.63. The van der Waals surface area contributed by atoms with Crippen molar-refractivity contribution in [2.24, 2.45) is 0 Å². The molecule has 0 radical (unpaired) electrons. The number of phenols is 1. The SMILES string of the molecule is CCCCNc1ccc(C)cc1.Oc1ccccc1. The lowest BCUT2D eigenvalue weighted by molar-refractivity contribution is 0.475. The largest absolute Gasteiger partial charge is 0.508 e. The summed E-state index contributed by atoms with van der Waals surface area (Å²) in [6, 6.07) is 17.2. The van der Waals surface area contributed by atoms with Crippen molar-refractivity contribution < 1.29 is 5.11 Å². The number of rotatable bonds is 4. The first-order chi connectivity index (χ1) is 9.22. The van der Waals surface area contributed by atoms with Gasteiger partial charge < -0.3 is 10.4 Å². The van der Waals surface area contributed by atoms with E-state index in [4.69, 9.17) is 5.11 Å². The van der Waals surface area contributed by atoms with E-state index in [1.54, 1.807) is 24.3 Å². The van der Waals surface area contributed by atoms with E-state index in [0.29, 0.717) is 5.75 Å². The van der Waals surface area contributed by atoms with Crippen LogP contribution in [0.2, 0.25) is 0 Å². The summed E-state index contributed by atoms with van der Waals surface area (Å²) in [4.78, 5) is 0. The Morgan fingerprint density at radius 1 is 0.947 bits per heavy atom. The molecule has 0 aromatic heterocycles. The van der Waals surface area contributed by atoms with Gasteiger partial charge in [-0.15, -0.1) is 0 Å². The Kier molecular flexibility index (Phi) is 7.18. The predicted molar refractivity (Wildman–Crippen MR) is 82.7 cm³/mol. The molecule has 0 saturated heterocycles. The topological polar surface area (TPSA) is 32.3 Å². The third-order valence-electron chi connectivity index (χ3n) is 2.67. The quantitative estimate of drug-likeness (QED) is 0.785. The molecule has 2 aromatic carbocycles. The number of unbranched alkanes of at least 4 members (excludes halogenated alkanes) is 1. The molecule has 0 bridgehead atoms. The molecule has 2 rings (SSSR count). The molecule has 2 N–H and O–H groups in total. The van der Waals surface area contributed by atoms with Gasteiger partial charge >= 0.3 is 0 Å². The Hall–Kier alpha value is -1.96. The molecule has 2 heteroatoms. The predicted octanol–water partition coefficient (Wildman–Crippen LogP) is 4.60. The Morgan fingerprint density at radius 2 is 1.58 bits per heavy atom. The van der Waals surface area contributed by atoms with Gasteiger partial charge in [-0.25, -0.2) is 0 Å². The number of aryl methyl sites for hydroxylation is 1. The van der Waals surface area contributed by atoms with Crippen LogP contribution < -0.4 is 5.32 Å². The van der Waals surface area contributed by atoms with Crippen LogP contribution in [0.1, 0.15) is 25.3 Å². The maximum Gasteiger partial charge on any atom is 0.115 e. The van der Waals surface area contributed by atoms with Crippen molar-refractivity contribution in [2.45, 2.75) is 26.7 Å². The molecule has 0 fully saturated rings. The summed E-state index contributed by atoms with van der Waals surface area (Å²) in [6.07, 6.45) is 2.49. The van der Waals surface area contributed by atoms with Crippen molar-refractivity contribution in [2.75, 3.05) is 11.9 Å². The smallest absolute Gasteiger partial charge is 0.115 e. The third-order valence-corrected chi connectivity index (χ3v) is 2.67. The summed E-state index contributed by atoms with van der Waals surface area (Å²) in [5, 5.41) is 12.0. The van der Waals surface area contributed by atoms with Gasteiger partial charge in [-0.05, 0) is 37.6 Å². The monoisotopic (exact) mass is 257 g/mol. The highest BCUT2D eigenvalue weighted by atomic mass is 16.3. The first-order valence-corrected chi connectivity index (χ1v) is 6.77. The number of hydrogen-bond donors (Lipinski definition) is 2. The Labute approximate surface area is 116 Å². The van der Waals surface area contributed by atoms with E-state index in [1.165, 1.54) is 24.1 Å². The van der Waals surface area contributed by atoms with Gasteiger partial charge in [0.25, 0.3) is 0 Å². The van der Waals surface area contributed by atoms with E-state index in [-0.39, 0.29) is 0 Å². The van der Waals surface area contributed by atoms with E-state index >= 15 is 0 Å². The molecule has 0 heterocycles. The molecule has 0 saturated carbocycles. The molecule has 0 unspecified atom stereocenters. The standard InChI is InChI=1S/C11H17N.C6H6O/c1-3-4-9-12-11-7-5-10(2)6-8-11;7-6-4-2-1-3-5-6/h5-8,12H,3-4,9H2,1-2H3;1-5,7H. The minimum Gasteiger partial charge on any atom is -0.508 e. The molecule has 0 spiro atoms. The zero-order chi connectivity index (χ0) is 13.9. The van der Waals surface area contributed by atoms with E-state index in [2.05, 4.69) is 43.4 Å². The second kappa shape index (κ2) is 9.03. The van der Waals surface area contributed by atoms with Crippen LogP contribution in [0.4, 0.5) is 5.69 Å². The molecule has 0 amide bonds. The summed E-state index contributed by atoms with van der Waals surface area (Å²) < 4.78 is 0. The van der Waals surface area contributed by atoms with Crippen LogP contribution in [-0.4, -0.2) is 11.7 Å². The molecular formula is C17H23NO. The van der Waals surface area contributed by atoms with Crippen LogP contribution in [0.25, 0.3) is 0 Å².